The molecule has 1 fully saturated rings. The van der Waals surface area contributed by atoms with Gasteiger partial charge in [-0.25, -0.2) is 0 Å². The van der Waals surface area contributed by atoms with Crippen molar-refractivity contribution >= 4 is 0 Å². The lowest BCUT2D eigenvalue weighted by molar-refractivity contribution is 0.362. The van der Waals surface area contributed by atoms with E-state index in [2.05, 4.69) is 43.4 Å². The van der Waals surface area contributed by atoms with Gasteiger partial charge in [0, 0.05) is 12.1 Å². The van der Waals surface area contributed by atoms with Gasteiger partial charge < -0.3 is 5.32 Å². The highest BCUT2D eigenvalue weighted by molar-refractivity contribution is 5.24. The zero-order valence-electron chi connectivity index (χ0n) is 11.9. The van der Waals surface area contributed by atoms with Gasteiger partial charge >= 0.3 is 0 Å². The lowest BCUT2D eigenvalue weighted by atomic mass is 9.95. The Morgan fingerprint density at radius 2 is 1.72 bits per heavy atom. The van der Waals surface area contributed by atoms with E-state index in [1.807, 2.05) is 0 Å². The Labute approximate surface area is 112 Å². The topological polar surface area (TPSA) is 12.0 Å². The van der Waals surface area contributed by atoms with Crippen LogP contribution in [0.15, 0.2) is 24.3 Å². The standard InChI is InChI=1S/C17H27N/c1-14-9-8-10-16(13-14)15(2)18-17-11-6-4-3-5-7-12-17/h8-10,13,15,17-18H,3-7,11-12H2,1-2H3/t15-/m0/s1. The molecule has 100 valence electrons. The predicted octanol–water partition coefficient (Wildman–Crippen LogP) is 4.76. The summed E-state index contributed by atoms with van der Waals surface area (Å²) in [6.45, 7) is 4.47. The number of nitrogens with one attached hydrogen (secondary N) is 1. The van der Waals surface area contributed by atoms with Crippen LogP contribution in [-0.4, -0.2) is 6.04 Å². The van der Waals surface area contributed by atoms with Crippen molar-refractivity contribution in [1.82, 2.24) is 5.32 Å². The maximum atomic E-state index is 3.83. The molecule has 1 aliphatic carbocycles. The van der Waals surface area contributed by atoms with Gasteiger partial charge in [0.05, 0.1) is 0 Å². The molecular weight excluding hydrogens is 218 g/mol. The number of aryl methyl sites for hydroxylation is 1. The summed E-state index contributed by atoms with van der Waals surface area (Å²) in [5.41, 5.74) is 2.79. The minimum atomic E-state index is 0.481. The van der Waals surface area contributed by atoms with Crippen LogP contribution in [0.4, 0.5) is 0 Å². The van der Waals surface area contributed by atoms with Crippen molar-refractivity contribution in [2.45, 2.75) is 70.9 Å². The third-order valence-corrected chi connectivity index (χ3v) is 4.13. The van der Waals surface area contributed by atoms with Gasteiger partial charge in [0.2, 0.25) is 0 Å². The fraction of sp³-hybridized carbons (Fsp3) is 0.647. The first-order valence-corrected chi connectivity index (χ1v) is 7.58. The summed E-state index contributed by atoms with van der Waals surface area (Å²) >= 11 is 0. The molecule has 1 nitrogen and oxygen atoms in total. The molecule has 0 radical (unpaired) electrons. The predicted molar refractivity (Wildman–Crippen MR) is 78.8 cm³/mol. The minimum absolute atomic E-state index is 0.481. The third kappa shape index (κ3) is 4.13. The van der Waals surface area contributed by atoms with Gasteiger partial charge in [-0.05, 0) is 32.3 Å². The third-order valence-electron chi connectivity index (χ3n) is 4.13. The van der Waals surface area contributed by atoms with Crippen molar-refractivity contribution in [3.8, 4) is 0 Å². The molecule has 0 unspecified atom stereocenters. The summed E-state index contributed by atoms with van der Waals surface area (Å²) in [6.07, 6.45) is 9.82. The molecule has 0 amide bonds. The molecule has 2 rings (SSSR count). The lowest BCUT2D eigenvalue weighted by Gasteiger charge is -2.25. The van der Waals surface area contributed by atoms with Gasteiger partial charge in [0.1, 0.15) is 0 Å². The average molecular weight is 245 g/mol. The molecule has 1 saturated carbocycles. The quantitative estimate of drug-likeness (QED) is 0.809. The van der Waals surface area contributed by atoms with Crippen LogP contribution in [0.25, 0.3) is 0 Å². The second kappa shape index (κ2) is 6.94. The van der Waals surface area contributed by atoms with Crippen molar-refractivity contribution in [1.29, 1.82) is 0 Å². The average Bonchev–Trinajstić information content (AvgIpc) is 2.32. The van der Waals surface area contributed by atoms with Crippen LogP contribution in [0.1, 0.15) is 69.0 Å². The number of hydrogen-bond donors (Lipinski definition) is 1. The Morgan fingerprint density at radius 1 is 1.06 bits per heavy atom. The Hall–Kier alpha value is -0.820. The van der Waals surface area contributed by atoms with Crippen molar-refractivity contribution < 1.29 is 0 Å². The molecule has 1 N–H and O–H groups in total. The first kappa shape index (κ1) is 13.6. The monoisotopic (exact) mass is 245 g/mol. The van der Waals surface area contributed by atoms with Crippen molar-refractivity contribution in [2.24, 2.45) is 0 Å². The minimum Gasteiger partial charge on any atom is -0.307 e. The summed E-state index contributed by atoms with van der Waals surface area (Å²) in [4.78, 5) is 0. The van der Waals surface area contributed by atoms with Gasteiger partial charge in [-0.1, -0.05) is 61.9 Å². The number of hydrogen-bond acceptors (Lipinski definition) is 1. The van der Waals surface area contributed by atoms with E-state index in [1.165, 1.54) is 56.1 Å². The van der Waals surface area contributed by atoms with E-state index in [9.17, 15) is 0 Å². The molecule has 0 saturated heterocycles. The van der Waals surface area contributed by atoms with Gasteiger partial charge in [0.15, 0.2) is 0 Å². The fourth-order valence-electron chi connectivity index (χ4n) is 3.01. The summed E-state index contributed by atoms with van der Waals surface area (Å²) < 4.78 is 0. The van der Waals surface area contributed by atoms with Gasteiger partial charge in [-0.15, -0.1) is 0 Å². The molecule has 1 aromatic rings. The van der Waals surface area contributed by atoms with E-state index in [0.717, 1.165) is 6.04 Å². The second-order valence-corrected chi connectivity index (χ2v) is 5.84. The van der Waals surface area contributed by atoms with Crippen molar-refractivity contribution in [3.05, 3.63) is 35.4 Å². The van der Waals surface area contributed by atoms with E-state index < -0.39 is 0 Å². The number of benzene rings is 1. The first-order chi connectivity index (χ1) is 8.75. The van der Waals surface area contributed by atoms with E-state index in [-0.39, 0.29) is 0 Å². The summed E-state index contributed by atoms with van der Waals surface area (Å²) in [6, 6.07) is 10.1. The normalized spacial score (nSPS) is 20.1. The Balaban J connectivity index is 1.90. The van der Waals surface area contributed by atoms with Gasteiger partial charge in [-0.3, -0.25) is 0 Å². The number of rotatable bonds is 3. The summed E-state index contributed by atoms with van der Waals surface area (Å²) in [5, 5.41) is 3.83. The first-order valence-electron chi connectivity index (χ1n) is 7.58. The summed E-state index contributed by atoms with van der Waals surface area (Å²) in [5.74, 6) is 0. The zero-order valence-corrected chi connectivity index (χ0v) is 11.9. The highest BCUT2D eigenvalue weighted by atomic mass is 14.9. The molecule has 1 atom stereocenters. The largest absolute Gasteiger partial charge is 0.307 e. The fourth-order valence-corrected chi connectivity index (χ4v) is 3.01. The van der Waals surface area contributed by atoms with Crippen LogP contribution in [-0.2, 0) is 0 Å². The van der Waals surface area contributed by atoms with E-state index in [4.69, 9.17) is 0 Å². The summed E-state index contributed by atoms with van der Waals surface area (Å²) in [7, 11) is 0. The van der Waals surface area contributed by atoms with Crippen molar-refractivity contribution in [3.63, 3.8) is 0 Å². The smallest absolute Gasteiger partial charge is 0.0294 e. The van der Waals surface area contributed by atoms with E-state index in [0.29, 0.717) is 6.04 Å². The van der Waals surface area contributed by atoms with E-state index >= 15 is 0 Å². The second-order valence-electron chi connectivity index (χ2n) is 5.84. The molecular formula is C17H27N. The van der Waals surface area contributed by atoms with Crippen LogP contribution in [0, 0.1) is 6.92 Å². The highest BCUT2D eigenvalue weighted by Crippen LogP contribution is 2.21. The molecule has 0 spiro atoms. The van der Waals surface area contributed by atoms with E-state index in [1.54, 1.807) is 0 Å². The Bertz CT molecular complexity index is 350. The molecule has 0 bridgehead atoms. The molecule has 0 aliphatic heterocycles. The SMILES string of the molecule is Cc1cccc([C@H](C)NC2CCCCCCC2)c1. The zero-order chi connectivity index (χ0) is 12.8. The molecule has 1 aromatic carbocycles. The van der Waals surface area contributed by atoms with Gasteiger partial charge in [-0.2, -0.15) is 0 Å². The molecule has 0 heterocycles. The molecule has 18 heavy (non-hydrogen) atoms. The van der Waals surface area contributed by atoms with Crippen LogP contribution in [0.3, 0.4) is 0 Å². The lowest BCUT2D eigenvalue weighted by Crippen LogP contribution is -2.32. The molecule has 1 aliphatic rings. The maximum absolute atomic E-state index is 3.83. The maximum Gasteiger partial charge on any atom is 0.0294 e. The van der Waals surface area contributed by atoms with Crippen LogP contribution >= 0.6 is 0 Å². The van der Waals surface area contributed by atoms with Crippen molar-refractivity contribution in [2.75, 3.05) is 0 Å². The van der Waals surface area contributed by atoms with Gasteiger partial charge in [0.25, 0.3) is 0 Å². The van der Waals surface area contributed by atoms with Crippen LogP contribution in [0.5, 0.6) is 0 Å². The Kier molecular flexibility index (Phi) is 5.25. The Morgan fingerprint density at radius 3 is 2.39 bits per heavy atom. The molecule has 1 heteroatoms. The highest BCUT2D eigenvalue weighted by Gasteiger charge is 2.14. The molecule has 0 aromatic heterocycles. The van der Waals surface area contributed by atoms with Crippen LogP contribution in [0.2, 0.25) is 0 Å². The van der Waals surface area contributed by atoms with Crippen LogP contribution < -0.4 is 5.32 Å².